The predicted octanol–water partition coefficient (Wildman–Crippen LogP) is 1.65. The van der Waals surface area contributed by atoms with Gasteiger partial charge in [0.2, 0.25) is 0 Å². The molecule has 6 heteroatoms. The zero-order chi connectivity index (χ0) is 12.9. The van der Waals surface area contributed by atoms with Crippen LogP contribution in [-0.4, -0.2) is 36.4 Å². The van der Waals surface area contributed by atoms with Crippen LogP contribution in [0.3, 0.4) is 0 Å². The molecule has 0 aliphatic carbocycles. The molecule has 3 rings (SSSR count). The second-order valence-electron chi connectivity index (χ2n) is 4.81. The number of sulfone groups is 1. The number of nitrogens with zero attached hydrogens (tertiary/aromatic N) is 1. The summed E-state index contributed by atoms with van der Waals surface area (Å²) in [6.07, 6.45) is 0. The van der Waals surface area contributed by atoms with Crippen LogP contribution in [0.5, 0.6) is 0 Å². The third-order valence-corrected chi connectivity index (χ3v) is 6.53. The Morgan fingerprint density at radius 2 is 1.94 bits per heavy atom. The van der Waals surface area contributed by atoms with Crippen LogP contribution in [0.15, 0.2) is 24.3 Å². The van der Waals surface area contributed by atoms with Crippen molar-refractivity contribution in [2.75, 3.05) is 16.4 Å². The highest BCUT2D eigenvalue weighted by Crippen LogP contribution is 2.40. The van der Waals surface area contributed by atoms with E-state index in [4.69, 9.17) is 5.41 Å². The van der Waals surface area contributed by atoms with E-state index < -0.39 is 9.84 Å². The minimum Gasteiger partial charge on any atom is -0.316 e. The Bertz CT molecular complexity index is 595. The van der Waals surface area contributed by atoms with Crippen LogP contribution in [0.4, 0.5) is 5.69 Å². The van der Waals surface area contributed by atoms with Crippen LogP contribution < -0.4 is 4.90 Å². The molecule has 2 heterocycles. The average molecular weight is 282 g/mol. The fourth-order valence-corrected chi connectivity index (χ4v) is 6.31. The number of hydrogen-bond donors (Lipinski definition) is 1. The van der Waals surface area contributed by atoms with Crippen molar-refractivity contribution in [3.63, 3.8) is 0 Å². The number of nitrogens with one attached hydrogen (secondary N) is 1. The van der Waals surface area contributed by atoms with Gasteiger partial charge in [0, 0.05) is 10.9 Å². The van der Waals surface area contributed by atoms with Crippen LogP contribution >= 0.6 is 11.8 Å². The molecule has 2 saturated heterocycles. The summed E-state index contributed by atoms with van der Waals surface area (Å²) in [6, 6.07) is 7.82. The predicted molar refractivity (Wildman–Crippen MR) is 75.2 cm³/mol. The summed E-state index contributed by atoms with van der Waals surface area (Å²) < 4.78 is 23.3. The third-order valence-electron chi connectivity index (χ3n) is 3.40. The van der Waals surface area contributed by atoms with Crippen molar-refractivity contribution >= 4 is 32.5 Å². The standard InChI is InChI=1S/C12H14N2O2S2/c1-8-2-4-9(5-3-8)14-10-6-18(15,16)7-11(10)17-12(14)13/h2-5,10-11,13H,6-7H2,1H3/t10-,11-/m1/s1. The molecular formula is C12H14N2O2S2. The molecular weight excluding hydrogens is 268 g/mol. The molecule has 1 aromatic carbocycles. The van der Waals surface area contributed by atoms with Gasteiger partial charge in [-0.3, -0.25) is 5.41 Å². The Hall–Kier alpha value is -1.01. The molecule has 2 aliphatic heterocycles. The van der Waals surface area contributed by atoms with Crippen LogP contribution in [0, 0.1) is 12.3 Å². The Kier molecular flexibility index (Phi) is 2.67. The normalized spacial score (nSPS) is 29.6. The minimum atomic E-state index is -2.94. The Balaban J connectivity index is 1.96. The maximum Gasteiger partial charge on any atom is 0.161 e. The number of amidine groups is 1. The lowest BCUT2D eigenvalue weighted by atomic mass is 10.1. The van der Waals surface area contributed by atoms with Crippen LogP contribution in [0.25, 0.3) is 0 Å². The van der Waals surface area contributed by atoms with Crippen LogP contribution in [0.1, 0.15) is 5.56 Å². The first-order valence-corrected chi connectivity index (χ1v) is 8.48. The molecule has 4 nitrogen and oxygen atoms in total. The molecule has 0 saturated carbocycles. The van der Waals surface area contributed by atoms with E-state index in [0.717, 1.165) is 11.3 Å². The quantitative estimate of drug-likeness (QED) is 0.851. The molecule has 1 aromatic rings. The van der Waals surface area contributed by atoms with Crippen molar-refractivity contribution < 1.29 is 8.42 Å². The van der Waals surface area contributed by atoms with E-state index in [1.807, 2.05) is 36.1 Å². The van der Waals surface area contributed by atoms with E-state index in [9.17, 15) is 8.42 Å². The second kappa shape index (κ2) is 3.99. The lowest BCUT2D eigenvalue weighted by Gasteiger charge is -2.23. The molecule has 0 unspecified atom stereocenters. The number of fused-ring (bicyclic) bond motifs is 1. The van der Waals surface area contributed by atoms with E-state index in [1.54, 1.807) is 0 Å². The highest BCUT2D eigenvalue weighted by Gasteiger charge is 2.48. The first-order valence-electron chi connectivity index (χ1n) is 5.78. The van der Waals surface area contributed by atoms with E-state index in [0.29, 0.717) is 5.17 Å². The molecule has 0 bridgehead atoms. The summed E-state index contributed by atoms with van der Waals surface area (Å²) in [5, 5.41) is 8.50. The van der Waals surface area contributed by atoms with Crippen molar-refractivity contribution in [3.8, 4) is 0 Å². The monoisotopic (exact) mass is 282 g/mol. The second-order valence-corrected chi connectivity index (χ2v) is 8.19. The number of aryl methyl sites for hydroxylation is 1. The first-order chi connectivity index (χ1) is 8.46. The SMILES string of the molecule is Cc1ccc(N2C(=N)S[C@@H]3CS(=O)(=O)C[C@H]32)cc1. The minimum absolute atomic E-state index is 0.0174. The molecule has 2 aliphatic rings. The smallest absolute Gasteiger partial charge is 0.161 e. The van der Waals surface area contributed by atoms with Gasteiger partial charge in [0.15, 0.2) is 15.0 Å². The molecule has 96 valence electrons. The van der Waals surface area contributed by atoms with Crippen molar-refractivity contribution in [2.24, 2.45) is 0 Å². The fourth-order valence-electron chi connectivity index (χ4n) is 2.52. The summed E-state index contributed by atoms with van der Waals surface area (Å²) in [5.41, 5.74) is 2.08. The van der Waals surface area contributed by atoms with Gasteiger partial charge in [-0.05, 0) is 19.1 Å². The summed E-state index contributed by atoms with van der Waals surface area (Å²) in [5.74, 6) is 0.369. The van der Waals surface area contributed by atoms with Gasteiger partial charge in [-0.25, -0.2) is 8.42 Å². The molecule has 0 aromatic heterocycles. The average Bonchev–Trinajstić information content (AvgIpc) is 2.70. The topological polar surface area (TPSA) is 61.2 Å². The van der Waals surface area contributed by atoms with Gasteiger partial charge in [-0.1, -0.05) is 29.5 Å². The van der Waals surface area contributed by atoms with Crippen molar-refractivity contribution in [1.29, 1.82) is 5.41 Å². The third kappa shape index (κ3) is 1.93. The van der Waals surface area contributed by atoms with Crippen LogP contribution in [0.2, 0.25) is 0 Å². The van der Waals surface area contributed by atoms with Gasteiger partial charge in [-0.15, -0.1) is 0 Å². The van der Waals surface area contributed by atoms with Crippen molar-refractivity contribution in [2.45, 2.75) is 18.2 Å². The van der Waals surface area contributed by atoms with E-state index in [1.165, 1.54) is 11.8 Å². The van der Waals surface area contributed by atoms with E-state index in [-0.39, 0.29) is 22.8 Å². The van der Waals surface area contributed by atoms with Crippen molar-refractivity contribution in [3.05, 3.63) is 29.8 Å². The van der Waals surface area contributed by atoms with Gasteiger partial charge in [0.05, 0.1) is 17.5 Å². The fraction of sp³-hybridized carbons (Fsp3) is 0.417. The maximum absolute atomic E-state index is 11.7. The van der Waals surface area contributed by atoms with Crippen LogP contribution in [-0.2, 0) is 9.84 Å². The maximum atomic E-state index is 11.7. The molecule has 2 atom stereocenters. The number of anilines is 1. The largest absolute Gasteiger partial charge is 0.316 e. The lowest BCUT2D eigenvalue weighted by Crippen LogP contribution is -2.37. The molecule has 18 heavy (non-hydrogen) atoms. The summed E-state index contributed by atoms with van der Waals surface area (Å²) in [4.78, 5) is 1.86. The van der Waals surface area contributed by atoms with Gasteiger partial charge in [0.1, 0.15) is 0 Å². The van der Waals surface area contributed by atoms with E-state index >= 15 is 0 Å². The molecule has 0 amide bonds. The molecule has 1 N–H and O–H groups in total. The van der Waals surface area contributed by atoms with Gasteiger partial charge in [0.25, 0.3) is 0 Å². The number of thioether (sulfide) groups is 1. The highest BCUT2D eigenvalue weighted by molar-refractivity contribution is 8.15. The summed E-state index contributed by atoms with van der Waals surface area (Å²) in [7, 11) is -2.94. The number of benzene rings is 1. The number of hydrogen-bond acceptors (Lipinski definition) is 4. The number of rotatable bonds is 1. The van der Waals surface area contributed by atoms with E-state index in [2.05, 4.69) is 0 Å². The Labute approximate surface area is 111 Å². The molecule has 2 fully saturated rings. The highest BCUT2D eigenvalue weighted by atomic mass is 32.2. The zero-order valence-electron chi connectivity index (χ0n) is 9.96. The zero-order valence-corrected chi connectivity index (χ0v) is 11.6. The van der Waals surface area contributed by atoms with Crippen molar-refractivity contribution in [1.82, 2.24) is 0 Å². The summed E-state index contributed by atoms with van der Waals surface area (Å²) in [6.45, 7) is 2.01. The molecule has 0 radical (unpaired) electrons. The molecule has 0 spiro atoms. The Morgan fingerprint density at radius 1 is 1.28 bits per heavy atom. The van der Waals surface area contributed by atoms with Gasteiger partial charge in [-0.2, -0.15) is 0 Å². The van der Waals surface area contributed by atoms with Gasteiger partial charge < -0.3 is 4.90 Å². The Morgan fingerprint density at radius 3 is 2.61 bits per heavy atom. The first kappa shape index (κ1) is 12.0. The summed E-state index contributed by atoms with van der Waals surface area (Å²) >= 11 is 1.38. The van der Waals surface area contributed by atoms with Gasteiger partial charge >= 0.3 is 0 Å². The lowest BCUT2D eigenvalue weighted by molar-refractivity contribution is 0.601.